The van der Waals surface area contributed by atoms with Crippen LogP contribution in [0.2, 0.25) is 0 Å². The van der Waals surface area contributed by atoms with Crippen molar-refractivity contribution in [3.63, 3.8) is 0 Å². The fourth-order valence-electron chi connectivity index (χ4n) is 3.41. The number of aromatic nitrogens is 1. The molecule has 0 radical (unpaired) electrons. The summed E-state index contributed by atoms with van der Waals surface area (Å²) in [6.45, 7) is 2.02. The highest BCUT2D eigenvalue weighted by atomic mass is 32.3. The number of sulfonamides is 1. The molecule has 2 aromatic carbocycles. The number of hydrogen-bond acceptors (Lipinski definition) is 5. The lowest BCUT2D eigenvalue weighted by Gasteiger charge is -2.31. The summed E-state index contributed by atoms with van der Waals surface area (Å²) in [4.78, 5) is 5.42. The average Bonchev–Trinajstić information content (AvgIpc) is 3.13. The van der Waals surface area contributed by atoms with Crippen LogP contribution in [-0.4, -0.2) is 23.2 Å². The maximum Gasteiger partial charge on any atom is 0.280 e. The highest BCUT2D eigenvalue weighted by Gasteiger charge is 2.36. The summed E-state index contributed by atoms with van der Waals surface area (Å²) in [5.74, 6) is 0. The van der Waals surface area contributed by atoms with E-state index in [1.54, 1.807) is 3.71 Å². The molecular weight excluding hydrogens is 396 g/mol. The predicted molar refractivity (Wildman–Crippen MR) is 113 cm³/mol. The van der Waals surface area contributed by atoms with Crippen molar-refractivity contribution in [1.82, 2.24) is 8.69 Å². The molecule has 27 heavy (non-hydrogen) atoms. The third-order valence-corrected chi connectivity index (χ3v) is 9.85. The Morgan fingerprint density at radius 2 is 1.74 bits per heavy atom. The van der Waals surface area contributed by atoms with Crippen LogP contribution in [0.15, 0.2) is 57.8 Å². The quantitative estimate of drug-likeness (QED) is 0.504. The van der Waals surface area contributed by atoms with Gasteiger partial charge in [-0.3, -0.25) is 0 Å². The van der Waals surface area contributed by atoms with Crippen LogP contribution in [0.1, 0.15) is 37.7 Å². The zero-order chi connectivity index (χ0) is 18.9. The fraction of sp³-hybridized carbons (Fsp3) is 0.350. The summed E-state index contributed by atoms with van der Waals surface area (Å²) in [5, 5.41) is 0. The lowest BCUT2D eigenvalue weighted by Crippen LogP contribution is -2.36. The smallest absolute Gasteiger partial charge is 0.224 e. The summed E-state index contributed by atoms with van der Waals surface area (Å²) >= 11 is 2.60. The Balaban J connectivity index is 1.75. The van der Waals surface area contributed by atoms with Crippen molar-refractivity contribution in [3.8, 4) is 0 Å². The van der Waals surface area contributed by atoms with Gasteiger partial charge < -0.3 is 0 Å². The van der Waals surface area contributed by atoms with E-state index in [1.807, 2.05) is 55.5 Å². The van der Waals surface area contributed by atoms with E-state index in [-0.39, 0.29) is 10.4 Å². The van der Waals surface area contributed by atoms with Gasteiger partial charge in [-0.2, -0.15) is 0 Å². The number of nitrogens with zero attached hydrogens (tertiary/aromatic N) is 2. The largest absolute Gasteiger partial charge is 0.280 e. The first-order valence-corrected chi connectivity index (χ1v) is 12.2. The van der Waals surface area contributed by atoms with Crippen molar-refractivity contribution in [2.24, 2.45) is 0 Å². The van der Waals surface area contributed by atoms with Gasteiger partial charge >= 0.3 is 0 Å². The summed E-state index contributed by atoms with van der Waals surface area (Å²) in [6.07, 6.45) is 5.14. The van der Waals surface area contributed by atoms with Crippen LogP contribution >= 0.6 is 23.3 Å². The Bertz CT molecular complexity index is 1010. The lowest BCUT2D eigenvalue weighted by molar-refractivity contribution is 0.345. The SMILES string of the molecule is Cc1ccccc1SN(C1CCCCC1)S(=O)(=O)c1nc2ccccc2s1. The molecule has 4 rings (SSSR count). The topological polar surface area (TPSA) is 50.3 Å². The highest BCUT2D eigenvalue weighted by molar-refractivity contribution is 8.09. The second-order valence-electron chi connectivity index (χ2n) is 6.86. The molecule has 1 saturated carbocycles. The van der Waals surface area contributed by atoms with E-state index in [2.05, 4.69) is 4.98 Å². The summed E-state index contributed by atoms with van der Waals surface area (Å²) < 4.78 is 29.9. The Kier molecular flexibility index (Phi) is 5.55. The molecule has 0 saturated heterocycles. The molecule has 1 fully saturated rings. The normalized spacial score (nSPS) is 16.2. The maximum absolute atomic E-state index is 13.6. The van der Waals surface area contributed by atoms with Gasteiger partial charge in [0.15, 0.2) is 0 Å². The molecule has 0 bridgehead atoms. The standard InChI is InChI=1S/C20H22N2O2S3/c1-15-9-5-7-13-18(15)26-22(16-10-3-2-4-11-16)27(23,24)20-21-17-12-6-8-14-19(17)25-20/h5-9,12-14,16H,2-4,10-11H2,1H3. The zero-order valence-electron chi connectivity index (χ0n) is 15.2. The van der Waals surface area contributed by atoms with Gasteiger partial charge in [0.25, 0.3) is 10.0 Å². The third-order valence-electron chi connectivity index (χ3n) is 4.89. The first kappa shape index (κ1) is 18.9. The number of thiazole rings is 1. The molecule has 1 heterocycles. The van der Waals surface area contributed by atoms with Crippen molar-refractivity contribution in [1.29, 1.82) is 0 Å². The van der Waals surface area contributed by atoms with Crippen LogP contribution in [0.3, 0.4) is 0 Å². The molecule has 0 aliphatic heterocycles. The maximum atomic E-state index is 13.6. The van der Waals surface area contributed by atoms with Crippen molar-refractivity contribution in [2.75, 3.05) is 0 Å². The van der Waals surface area contributed by atoms with Gasteiger partial charge in [-0.1, -0.05) is 49.6 Å². The number of rotatable bonds is 5. The third kappa shape index (κ3) is 3.92. The molecule has 0 N–H and O–H groups in total. The van der Waals surface area contributed by atoms with Gasteiger partial charge in [0.05, 0.1) is 10.2 Å². The Labute approximate surface area is 168 Å². The van der Waals surface area contributed by atoms with Crippen molar-refractivity contribution < 1.29 is 8.42 Å². The van der Waals surface area contributed by atoms with Crippen molar-refractivity contribution in [2.45, 2.75) is 54.3 Å². The van der Waals surface area contributed by atoms with Gasteiger partial charge in [0, 0.05) is 10.9 Å². The van der Waals surface area contributed by atoms with Crippen LogP contribution in [0.25, 0.3) is 10.2 Å². The average molecular weight is 419 g/mol. The molecular formula is C20H22N2O2S3. The van der Waals surface area contributed by atoms with Gasteiger partial charge in [-0.25, -0.2) is 13.4 Å². The number of aryl methyl sites for hydroxylation is 1. The fourth-order valence-corrected chi connectivity index (χ4v) is 7.90. The number of benzene rings is 2. The zero-order valence-corrected chi connectivity index (χ0v) is 17.6. The minimum atomic E-state index is -3.67. The van der Waals surface area contributed by atoms with E-state index in [0.29, 0.717) is 0 Å². The molecule has 0 spiro atoms. The van der Waals surface area contributed by atoms with Crippen LogP contribution in [0, 0.1) is 6.92 Å². The number of hydrogen-bond donors (Lipinski definition) is 0. The molecule has 1 aromatic heterocycles. The molecule has 7 heteroatoms. The van der Waals surface area contributed by atoms with E-state index < -0.39 is 10.0 Å². The van der Waals surface area contributed by atoms with E-state index >= 15 is 0 Å². The lowest BCUT2D eigenvalue weighted by atomic mass is 9.96. The molecule has 0 amide bonds. The van der Waals surface area contributed by atoms with Crippen LogP contribution < -0.4 is 0 Å². The van der Waals surface area contributed by atoms with Crippen LogP contribution in [0.4, 0.5) is 0 Å². The minimum Gasteiger partial charge on any atom is -0.224 e. The summed E-state index contributed by atoms with van der Waals surface area (Å²) in [5.41, 5.74) is 1.83. The monoisotopic (exact) mass is 418 g/mol. The van der Waals surface area contributed by atoms with Gasteiger partial charge in [-0.05, 0) is 55.5 Å². The van der Waals surface area contributed by atoms with E-state index in [4.69, 9.17) is 0 Å². The molecule has 142 valence electrons. The Morgan fingerprint density at radius 1 is 1.04 bits per heavy atom. The first-order valence-electron chi connectivity index (χ1n) is 9.19. The highest BCUT2D eigenvalue weighted by Crippen LogP contribution is 2.39. The molecule has 0 atom stereocenters. The van der Waals surface area contributed by atoms with Crippen LogP contribution in [0.5, 0.6) is 0 Å². The minimum absolute atomic E-state index is 0.0142. The summed E-state index contributed by atoms with van der Waals surface area (Å²) in [7, 11) is -3.67. The number of para-hydroxylation sites is 1. The molecule has 4 nitrogen and oxygen atoms in total. The summed E-state index contributed by atoms with van der Waals surface area (Å²) in [6, 6.07) is 15.5. The van der Waals surface area contributed by atoms with E-state index in [1.165, 1.54) is 29.7 Å². The Hall–Kier alpha value is -1.41. The molecule has 1 aliphatic carbocycles. The van der Waals surface area contributed by atoms with Gasteiger partial charge in [0.1, 0.15) is 0 Å². The first-order chi connectivity index (χ1) is 13.1. The van der Waals surface area contributed by atoms with Crippen molar-refractivity contribution in [3.05, 3.63) is 54.1 Å². The molecule has 0 unspecified atom stereocenters. The van der Waals surface area contributed by atoms with Crippen LogP contribution in [-0.2, 0) is 10.0 Å². The molecule has 1 aliphatic rings. The second-order valence-corrected chi connectivity index (χ2v) is 11.1. The van der Waals surface area contributed by atoms with E-state index in [9.17, 15) is 8.42 Å². The Morgan fingerprint density at radius 3 is 2.48 bits per heavy atom. The van der Waals surface area contributed by atoms with E-state index in [0.717, 1.165) is 46.4 Å². The van der Waals surface area contributed by atoms with Gasteiger partial charge in [0.2, 0.25) is 4.34 Å². The molecule has 3 aromatic rings. The van der Waals surface area contributed by atoms with Crippen molar-refractivity contribution >= 4 is 43.5 Å². The predicted octanol–water partition coefficient (Wildman–Crippen LogP) is 5.64. The second kappa shape index (κ2) is 7.91. The van der Waals surface area contributed by atoms with Gasteiger partial charge in [-0.15, -0.1) is 15.0 Å². The number of fused-ring (bicyclic) bond motifs is 1.